The molecule has 0 unspecified atom stereocenters. The highest BCUT2D eigenvalue weighted by atomic mass is 35.5. The van der Waals surface area contributed by atoms with Crippen molar-refractivity contribution in [1.82, 2.24) is 34.7 Å². The van der Waals surface area contributed by atoms with Gasteiger partial charge < -0.3 is 82.5 Å². The number of carbonyl (C=O) groups is 2. The number of aliphatic hydroxyl groups excluding tert-OH is 1. The van der Waals surface area contributed by atoms with Crippen molar-refractivity contribution in [3.63, 3.8) is 0 Å². The molecule has 5 spiro atoms. The number of carbonyl (C=O) groups excluding carboxylic acids is 2. The molecule has 4 saturated heterocycles. The molecule has 5 aromatic rings. The number of aliphatic hydroxyl groups is 1. The van der Waals surface area contributed by atoms with Gasteiger partial charge >= 0.3 is 23.6 Å². The molecule has 4 aliphatic heterocycles. The van der Waals surface area contributed by atoms with Gasteiger partial charge in [-0.1, -0.05) is 41.8 Å². The number of para-hydroxylation sites is 1. The van der Waals surface area contributed by atoms with Gasteiger partial charge in [-0.15, -0.1) is 0 Å². The van der Waals surface area contributed by atoms with Gasteiger partial charge in [0.25, 0.3) is 11.8 Å². The number of pyridine rings is 3. The molecule has 10 fully saturated rings. The van der Waals surface area contributed by atoms with Crippen LogP contribution in [0.15, 0.2) is 66.9 Å². The molecule has 2 amide bonds. The Morgan fingerprint density at radius 3 is 1.35 bits per heavy atom. The van der Waals surface area contributed by atoms with E-state index in [1.165, 1.54) is 70.7 Å². The number of nitrogens with zero attached hydrogens (tertiary/aromatic N) is 11. The van der Waals surface area contributed by atoms with E-state index in [0.717, 1.165) is 126 Å². The van der Waals surface area contributed by atoms with E-state index in [1.807, 2.05) is 85.1 Å². The number of aromatic nitrogens is 5. The van der Waals surface area contributed by atoms with E-state index < -0.39 is 28.2 Å². The quantitative estimate of drug-likeness (QED) is 0.0357. The molecule has 10 aliphatic rings. The predicted molar refractivity (Wildman–Crippen MR) is 411 cm³/mol. The summed E-state index contributed by atoms with van der Waals surface area (Å²) in [6.45, 7) is 21.7. The molecule has 4 aromatic heterocycles. The molecule has 0 bridgehead atoms. The van der Waals surface area contributed by atoms with Crippen LogP contribution in [0.1, 0.15) is 125 Å². The van der Waals surface area contributed by atoms with Gasteiger partial charge in [0.15, 0.2) is 5.82 Å². The first-order valence-corrected chi connectivity index (χ1v) is 39.8. The molecule has 6 aliphatic carbocycles. The normalized spacial score (nSPS) is 21.1. The number of likely N-dealkylation sites (tertiary alicyclic amines) is 2. The van der Waals surface area contributed by atoms with E-state index >= 15 is 0 Å². The summed E-state index contributed by atoms with van der Waals surface area (Å²) in [6, 6.07) is 17.0. The molecule has 6 saturated carbocycles. The van der Waals surface area contributed by atoms with Crippen LogP contribution in [0.4, 0.5) is 55.7 Å². The lowest BCUT2D eigenvalue weighted by atomic mass is 9.55. The Morgan fingerprint density at radius 1 is 0.537 bits per heavy atom. The fourth-order valence-corrected chi connectivity index (χ4v) is 17.3. The summed E-state index contributed by atoms with van der Waals surface area (Å²) in [6.07, 6.45) is 18.1. The number of nitro groups is 2. The van der Waals surface area contributed by atoms with Gasteiger partial charge in [-0.05, 0) is 174 Å². The molecular formula is C75H106Cl2N13O17P. The maximum Gasteiger partial charge on any atom is 0.410 e. The van der Waals surface area contributed by atoms with Crippen molar-refractivity contribution in [2.45, 2.75) is 167 Å². The fourth-order valence-electron chi connectivity index (χ4n) is 15.9. The van der Waals surface area contributed by atoms with Gasteiger partial charge in [-0.2, -0.15) is 19.9 Å². The van der Waals surface area contributed by atoms with Gasteiger partial charge in [0.2, 0.25) is 11.8 Å². The van der Waals surface area contributed by atoms with Crippen LogP contribution in [0, 0.1) is 47.3 Å². The second kappa shape index (κ2) is 33.5. The van der Waals surface area contributed by atoms with E-state index in [4.69, 9.17) is 66.1 Å². The van der Waals surface area contributed by atoms with Crippen molar-refractivity contribution in [3.8, 4) is 17.6 Å². The van der Waals surface area contributed by atoms with E-state index in [2.05, 4.69) is 45.1 Å². The molecule has 1 aromatic carbocycles. The third-order valence-corrected chi connectivity index (χ3v) is 23.7. The zero-order valence-electron chi connectivity index (χ0n) is 64.7. The average molecular weight is 1560 g/mol. The number of hydrogen-bond acceptors (Lipinski definition) is 26. The van der Waals surface area contributed by atoms with E-state index in [0.29, 0.717) is 74.7 Å². The highest BCUT2D eigenvalue weighted by Crippen LogP contribution is 2.57. The lowest BCUT2D eigenvalue weighted by Gasteiger charge is -2.59. The monoisotopic (exact) mass is 1560 g/mol. The zero-order chi connectivity index (χ0) is 78.5. The minimum atomic E-state index is -2.51. The Labute approximate surface area is 641 Å². The number of halogens is 2. The van der Waals surface area contributed by atoms with Gasteiger partial charge in [0, 0.05) is 120 Å². The SMILES string of the molecule is CC(C)(C)OC(=O)N1CC2(CC(O)C2)C1.COC1CC2(C1)CN(C(=O)OC(C)(C)C)C2.COC1CC2(CCC2)C1.COc1nc(Cl)ccc1[N+](=O)[O-].COc1nc(N2CC3(CC(OC)C3)C2)ccc1Nc1ncc(Cl)c(Nc2ccccc2P(C)(C)=O)n1.COc1nc(N2CC3(CC(OC)C3)C2)ccc1[N+](=O)[O-]. The molecule has 33 heteroatoms. The number of rotatable bonds is 16. The first-order chi connectivity index (χ1) is 50.9. The minimum absolute atomic E-state index is 0.0665. The van der Waals surface area contributed by atoms with Crippen LogP contribution in [0.25, 0.3) is 0 Å². The highest BCUT2D eigenvalue weighted by Gasteiger charge is 2.57. The third-order valence-electron chi connectivity index (χ3n) is 21.7. The summed E-state index contributed by atoms with van der Waals surface area (Å²) in [5.74, 6) is 2.78. The number of hydrogen-bond donors (Lipinski definition) is 3. The molecule has 0 radical (unpaired) electrons. The number of ether oxygens (including phenoxy) is 9. The van der Waals surface area contributed by atoms with Gasteiger partial charge in [-0.3, -0.25) is 20.2 Å². The van der Waals surface area contributed by atoms with Crippen molar-refractivity contribution in [2.75, 3.05) is 136 Å². The number of nitrogens with one attached hydrogen (secondary N) is 2. The molecule has 30 nitrogen and oxygen atoms in total. The van der Waals surface area contributed by atoms with Crippen LogP contribution < -0.4 is 39.9 Å². The van der Waals surface area contributed by atoms with Crippen molar-refractivity contribution in [1.29, 1.82) is 0 Å². The lowest BCUT2D eigenvalue weighted by molar-refractivity contribution is -0.386. The highest BCUT2D eigenvalue weighted by molar-refractivity contribution is 7.70. The van der Waals surface area contributed by atoms with Crippen LogP contribution in [0.3, 0.4) is 0 Å². The van der Waals surface area contributed by atoms with E-state index in [-0.39, 0.29) is 52.0 Å². The first kappa shape index (κ1) is 82.8. The summed E-state index contributed by atoms with van der Waals surface area (Å²) in [5, 5.41) is 38.0. The number of methoxy groups -OCH3 is 7. The standard InChI is InChI=1S/C25H30ClN6O3P.C13H17N3O4.C12H21NO3.C11H19NO3.C8H14O.C6H5ClN2O3/c1-34-16-11-25(12-16)14-32(15-25)21-10-9-19(23(30-21)35-2)29-24-27-13-17(26)22(31-24)28-18-7-5-6-8-20(18)36(3,4)33;1-19-9-5-13(6-9)7-15(8-13)11-4-3-10(16(17)18)12(14-11)20-2;1-11(2,3)16-10(14)13-7-12(8-13)5-9(6-12)15-4;1-10(2,3)15-9(14)12-6-11(7-12)4-8(13)5-11;1-9-7-5-8(6-7)3-2-4-8;1-12-6-4(9(10)11)2-3-5(7)8-6/h5-10,13,16H,11-12,14-15H2,1-4H3,(H2,27,28,29,31);3-4,9H,5-8H2,1-2H3;9H,5-8H2,1-4H3;8,13H,4-7H2,1-3H3;7H,2-6H2,1H3;2-3H,1H3. The van der Waals surface area contributed by atoms with Gasteiger partial charge in [0.05, 0.1) is 73.6 Å². The number of benzene rings is 1. The van der Waals surface area contributed by atoms with Crippen molar-refractivity contribution < 1.29 is 71.7 Å². The Morgan fingerprint density at radius 2 is 0.944 bits per heavy atom. The molecule has 3 N–H and O–H groups in total. The second-order valence-corrected chi connectivity index (χ2v) is 37.0. The van der Waals surface area contributed by atoms with Crippen molar-refractivity contribution >= 4 is 94.0 Å². The first-order valence-electron chi connectivity index (χ1n) is 36.4. The Bertz CT molecular complexity index is 4020. The number of anilines is 6. The minimum Gasteiger partial charge on any atom is -0.479 e. The molecule has 0 atom stereocenters. The molecule has 8 heterocycles. The fraction of sp³-hybridized carbons (Fsp3) is 0.640. The Balaban J connectivity index is 0.000000148. The zero-order valence-corrected chi connectivity index (χ0v) is 67.1. The summed E-state index contributed by atoms with van der Waals surface area (Å²) in [4.78, 5) is 72.7. The predicted octanol–water partition coefficient (Wildman–Crippen LogP) is 13.5. The Hall–Kier alpha value is -7.70. The van der Waals surface area contributed by atoms with Crippen LogP contribution in [-0.2, 0) is 33.0 Å². The Kier molecular flexibility index (Phi) is 25.7. The molecular weight excluding hydrogens is 1460 g/mol. The summed E-state index contributed by atoms with van der Waals surface area (Å²) in [7, 11) is 8.88. The largest absolute Gasteiger partial charge is 0.479 e. The van der Waals surface area contributed by atoms with E-state index in [9.17, 15) is 39.5 Å². The van der Waals surface area contributed by atoms with Gasteiger partial charge in [-0.25, -0.2) is 14.6 Å². The summed E-state index contributed by atoms with van der Waals surface area (Å²) in [5.41, 5.74) is 2.31. The third kappa shape index (κ3) is 20.1. The topological polar surface area (TPSA) is 342 Å². The van der Waals surface area contributed by atoms with E-state index in [1.54, 1.807) is 57.6 Å². The summed E-state index contributed by atoms with van der Waals surface area (Å²) >= 11 is 11.9. The number of amides is 2. The molecule has 15 rings (SSSR count). The van der Waals surface area contributed by atoms with Gasteiger partial charge in [0.1, 0.15) is 45.8 Å². The van der Waals surface area contributed by atoms with Crippen molar-refractivity contribution in [3.05, 3.63) is 97.3 Å². The molecule has 108 heavy (non-hydrogen) atoms. The molecule has 592 valence electrons. The smallest absolute Gasteiger partial charge is 0.410 e. The van der Waals surface area contributed by atoms with Crippen LogP contribution >= 0.6 is 30.3 Å². The van der Waals surface area contributed by atoms with Crippen molar-refractivity contribution in [2.24, 2.45) is 27.1 Å². The summed E-state index contributed by atoms with van der Waals surface area (Å²) < 4.78 is 59.7. The maximum atomic E-state index is 12.7. The van der Waals surface area contributed by atoms with Crippen LogP contribution in [0.5, 0.6) is 17.6 Å². The average Bonchev–Trinajstić information content (AvgIpc) is 0.749. The van der Waals surface area contributed by atoms with Crippen LogP contribution in [0.2, 0.25) is 10.2 Å². The maximum absolute atomic E-state index is 12.7. The second-order valence-electron chi connectivity index (χ2n) is 33.0. The van der Waals surface area contributed by atoms with Crippen LogP contribution in [-0.4, -0.2) is 219 Å². The lowest BCUT2D eigenvalue weighted by Crippen LogP contribution is -2.65.